The van der Waals surface area contributed by atoms with Crippen molar-refractivity contribution >= 4 is 28.9 Å². The highest BCUT2D eigenvalue weighted by Gasteiger charge is 2.11. The van der Waals surface area contributed by atoms with Crippen molar-refractivity contribution in [2.75, 3.05) is 5.32 Å². The van der Waals surface area contributed by atoms with Gasteiger partial charge in [0, 0.05) is 5.69 Å². The molecular formula is C16H17Cl2N. The summed E-state index contributed by atoms with van der Waals surface area (Å²) in [5.41, 5.74) is 3.42. The number of hydrogen-bond donors (Lipinski definition) is 1. The van der Waals surface area contributed by atoms with Crippen LogP contribution in [0.4, 0.5) is 5.69 Å². The topological polar surface area (TPSA) is 12.0 Å². The van der Waals surface area contributed by atoms with Crippen molar-refractivity contribution in [3.05, 3.63) is 63.6 Å². The van der Waals surface area contributed by atoms with Gasteiger partial charge < -0.3 is 5.32 Å². The van der Waals surface area contributed by atoms with Gasteiger partial charge in [0.2, 0.25) is 0 Å². The Morgan fingerprint density at radius 2 is 1.84 bits per heavy atom. The molecule has 0 saturated heterocycles. The highest BCUT2D eigenvalue weighted by molar-refractivity contribution is 6.42. The van der Waals surface area contributed by atoms with Gasteiger partial charge in [-0.3, -0.25) is 0 Å². The van der Waals surface area contributed by atoms with E-state index >= 15 is 0 Å². The predicted molar refractivity (Wildman–Crippen MR) is 84.3 cm³/mol. The molecule has 0 spiro atoms. The Balaban J connectivity index is 2.20. The molecule has 100 valence electrons. The van der Waals surface area contributed by atoms with Crippen LogP contribution in [0, 0.1) is 0 Å². The van der Waals surface area contributed by atoms with Crippen molar-refractivity contribution in [1.29, 1.82) is 0 Å². The lowest BCUT2D eigenvalue weighted by molar-refractivity contribution is 0.884. The van der Waals surface area contributed by atoms with Gasteiger partial charge in [-0.15, -0.1) is 0 Å². The maximum atomic E-state index is 6.24. The Morgan fingerprint density at radius 1 is 1.11 bits per heavy atom. The average molecular weight is 294 g/mol. The highest BCUT2D eigenvalue weighted by Crippen LogP contribution is 2.31. The van der Waals surface area contributed by atoms with E-state index in [2.05, 4.69) is 43.4 Å². The second-order valence-electron chi connectivity index (χ2n) is 4.56. The molecule has 0 aromatic heterocycles. The zero-order valence-corrected chi connectivity index (χ0v) is 12.6. The van der Waals surface area contributed by atoms with Crippen molar-refractivity contribution in [3.8, 4) is 0 Å². The average Bonchev–Trinajstić information content (AvgIpc) is 2.42. The Labute approximate surface area is 124 Å². The third-order valence-corrected chi connectivity index (χ3v) is 4.00. The van der Waals surface area contributed by atoms with Crippen LogP contribution in [0.25, 0.3) is 0 Å². The number of anilines is 1. The van der Waals surface area contributed by atoms with Gasteiger partial charge in [-0.1, -0.05) is 54.4 Å². The smallest absolute Gasteiger partial charge is 0.0644 e. The summed E-state index contributed by atoms with van der Waals surface area (Å²) in [5.74, 6) is 0. The molecule has 0 radical (unpaired) electrons. The quantitative estimate of drug-likeness (QED) is 0.759. The number of aryl methyl sites for hydroxylation is 1. The Hall–Kier alpha value is -1.18. The first-order chi connectivity index (χ1) is 9.11. The second kappa shape index (κ2) is 6.31. The molecule has 19 heavy (non-hydrogen) atoms. The van der Waals surface area contributed by atoms with E-state index in [1.54, 1.807) is 6.07 Å². The van der Waals surface area contributed by atoms with Gasteiger partial charge in [-0.2, -0.15) is 0 Å². The molecule has 1 atom stereocenters. The third-order valence-electron chi connectivity index (χ3n) is 3.17. The van der Waals surface area contributed by atoms with Crippen molar-refractivity contribution in [1.82, 2.24) is 0 Å². The van der Waals surface area contributed by atoms with Crippen molar-refractivity contribution < 1.29 is 0 Å². The number of hydrogen-bond acceptors (Lipinski definition) is 1. The predicted octanol–water partition coefficient (Wildman–Crippen LogP) is 5.73. The van der Waals surface area contributed by atoms with Crippen LogP contribution >= 0.6 is 23.2 Å². The first kappa shape index (κ1) is 14.2. The summed E-state index contributed by atoms with van der Waals surface area (Å²) in [6.07, 6.45) is 1.03. The molecule has 3 heteroatoms. The molecule has 1 nitrogen and oxygen atoms in total. The SMILES string of the molecule is CCc1cccc(NC(C)c2cccc(Cl)c2Cl)c1. The van der Waals surface area contributed by atoms with Crippen molar-refractivity contribution in [3.63, 3.8) is 0 Å². The molecule has 1 N–H and O–H groups in total. The molecule has 0 aliphatic carbocycles. The molecule has 0 heterocycles. The molecule has 0 aliphatic heterocycles. The fraction of sp³-hybridized carbons (Fsp3) is 0.250. The molecule has 0 bridgehead atoms. The van der Waals surface area contributed by atoms with E-state index in [0.29, 0.717) is 10.0 Å². The molecular weight excluding hydrogens is 277 g/mol. The Kier molecular flexibility index (Phi) is 4.73. The number of nitrogens with one attached hydrogen (secondary N) is 1. The van der Waals surface area contributed by atoms with E-state index in [9.17, 15) is 0 Å². The van der Waals surface area contributed by atoms with E-state index < -0.39 is 0 Å². The molecule has 0 saturated carbocycles. The van der Waals surface area contributed by atoms with Crippen LogP contribution in [0.3, 0.4) is 0 Å². The Bertz CT molecular complexity index is 566. The maximum Gasteiger partial charge on any atom is 0.0644 e. The summed E-state index contributed by atoms with van der Waals surface area (Å²) in [5, 5.41) is 4.67. The summed E-state index contributed by atoms with van der Waals surface area (Å²) in [4.78, 5) is 0. The summed E-state index contributed by atoms with van der Waals surface area (Å²) >= 11 is 12.3. The summed E-state index contributed by atoms with van der Waals surface area (Å²) in [6, 6.07) is 14.2. The second-order valence-corrected chi connectivity index (χ2v) is 5.35. The molecule has 0 fully saturated rings. The Morgan fingerprint density at radius 3 is 2.58 bits per heavy atom. The number of rotatable bonds is 4. The van der Waals surface area contributed by atoms with Gasteiger partial charge in [-0.25, -0.2) is 0 Å². The summed E-state index contributed by atoms with van der Waals surface area (Å²) in [6.45, 7) is 4.23. The van der Waals surface area contributed by atoms with E-state index in [0.717, 1.165) is 17.7 Å². The fourth-order valence-electron chi connectivity index (χ4n) is 2.06. The van der Waals surface area contributed by atoms with Crippen LogP contribution in [-0.4, -0.2) is 0 Å². The lowest BCUT2D eigenvalue weighted by Gasteiger charge is -2.18. The molecule has 2 aromatic rings. The minimum Gasteiger partial charge on any atom is -0.378 e. The van der Waals surface area contributed by atoms with Gasteiger partial charge >= 0.3 is 0 Å². The van der Waals surface area contributed by atoms with Gasteiger partial charge in [0.25, 0.3) is 0 Å². The maximum absolute atomic E-state index is 6.24. The van der Waals surface area contributed by atoms with Crippen LogP contribution in [0.15, 0.2) is 42.5 Å². The first-order valence-corrected chi connectivity index (χ1v) is 7.16. The van der Waals surface area contributed by atoms with Crippen molar-refractivity contribution in [2.45, 2.75) is 26.3 Å². The molecule has 2 aromatic carbocycles. The summed E-state index contributed by atoms with van der Waals surface area (Å²) in [7, 11) is 0. The lowest BCUT2D eigenvalue weighted by Crippen LogP contribution is -2.07. The monoisotopic (exact) mass is 293 g/mol. The van der Waals surface area contributed by atoms with E-state index in [1.807, 2.05) is 12.1 Å². The van der Waals surface area contributed by atoms with E-state index in [1.165, 1.54) is 5.56 Å². The molecule has 1 unspecified atom stereocenters. The third kappa shape index (κ3) is 3.43. The fourth-order valence-corrected chi connectivity index (χ4v) is 2.54. The molecule has 2 rings (SSSR count). The van der Waals surface area contributed by atoms with E-state index in [4.69, 9.17) is 23.2 Å². The lowest BCUT2D eigenvalue weighted by atomic mass is 10.1. The largest absolute Gasteiger partial charge is 0.378 e. The number of benzene rings is 2. The van der Waals surface area contributed by atoms with Crippen LogP contribution in [0.5, 0.6) is 0 Å². The minimum absolute atomic E-state index is 0.110. The molecule has 0 amide bonds. The van der Waals surface area contributed by atoms with Gasteiger partial charge in [-0.05, 0) is 42.7 Å². The summed E-state index contributed by atoms with van der Waals surface area (Å²) < 4.78 is 0. The van der Waals surface area contributed by atoms with E-state index in [-0.39, 0.29) is 6.04 Å². The first-order valence-electron chi connectivity index (χ1n) is 6.41. The van der Waals surface area contributed by atoms with Crippen molar-refractivity contribution in [2.24, 2.45) is 0 Å². The standard InChI is InChI=1S/C16H17Cl2N/c1-3-12-6-4-7-13(10-12)19-11(2)14-8-5-9-15(17)16(14)18/h4-11,19H,3H2,1-2H3. The molecule has 0 aliphatic rings. The highest BCUT2D eigenvalue weighted by atomic mass is 35.5. The normalized spacial score (nSPS) is 12.2. The zero-order chi connectivity index (χ0) is 13.8. The zero-order valence-electron chi connectivity index (χ0n) is 11.1. The minimum atomic E-state index is 0.110. The number of halogens is 2. The van der Waals surface area contributed by atoms with Crippen LogP contribution < -0.4 is 5.32 Å². The van der Waals surface area contributed by atoms with Crippen LogP contribution in [0.2, 0.25) is 10.0 Å². The van der Waals surface area contributed by atoms with Gasteiger partial charge in [0.15, 0.2) is 0 Å². The van der Waals surface area contributed by atoms with Crippen LogP contribution in [0.1, 0.15) is 31.0 Å². The van der Waals surface area contributed by atoms with Gasteiger partial charge in [0.1, 0.15) is 0 Å². The van der Waals surface area contributed by atoms with Gasteiger partial charge in [0.05, 0.1) is 16.1 Å². The van der Waals surface area contributed by atoms with Crippen LogP contribution in [-0.2, 0) is 6.42 Å².